The molecule has 0 atom stereocenters. The van der Waals surface area contributed by atoms with Gasteiger partial charge in [-0.1, -0.05) is 45.9 Å². The molecule has 9 nitrogen and oxygen atoms in total. The van der Waals surface area contributed by atoms with Crippen molar-refractivity contribution >= 4 is 57.5 Å². The third-order valence-electron chi connectivity index (χ3n) is 4.09. The molecule has 0 unspecified atom stereocenters. The SMILES string of the molecule is O=C1NC(=O)c2ccccc21.O=C1NC(=O)c2ccccc21.O=CCCSSCCC(=O)O. The van der Waals surface area contributed by atoms with Crippen LogP contribution in [0.1, 0.15) is 54.3 Å². The topological polar surface area (TPSA) is 147 Å². The van der Waals surface area contributed by atoms with Crippen LogP contribution in [0.25, 0.3) is 0 Å². The second-order valence-corrected chi connectivity index (χ2v) is 9.10. The summed E-state index contributed by atoms with van der Waals surface area (Å²) in [6.45, 7) is 0. The average Bonchev–Trinajstić information content (AvgIpc) is 3.26. The highest BCUT2D eigenvalue weighted by Gasteiger charge is 2.25. The fourth-order valence-corrected chi connectivity index (χ4v) is 4.51. The van der Waals surface area contributed by atoms with Gasteiger partial charge in [-0.05, 0) is 24.3 Å². The van der Waals surface area contributed by atoms with Gasteiger partial charge in [0.15, 0.2) is 0 Å². The van der Waals surface area contributed by atoms with Crippen LogP contribution in [0.5, 0.6) is 0 Å². The first-order valence-corrected chi connectivity index (χ1v) is 12.1. The van der Waals surface area contributed by atoms with Crippen LogP contribution < -0.4 is 10.6 Å². The maximum Gasteiger partial charge on any atom is 0.304 e. The number of nitrogens with one attached hydrogen (secondary N) is 2. The molecule has 0 bridgehead atoms. The lowest BCUT2D eigenvalue weighted by molar-refractivity contribution is -0.136. The van der Waals surface area contributed by atoms with Crippen molar-refractivity contribution in [2.24, 2.45) is 0 Å². The van der Waals surface area contributed by atoms with Gasteiger partial charge in [-0.2, -0.15) is 0 Å². The zero-order valence-electron chi connectivity index (χ0n) is 17.2. The third kappa shape index (κ3) is 7.88. The molecule has 0 fully saturated rings. The predicted octanol–water partition coefficient (Wildman–Crippen LogP) is 2.57. The maximum absolute atomic E-state index is 10.9. The molecule has 2 heterocycles. The molecule has 0 aliphatic carbocycles. The second-order valence-electron chi connectivity index (χ2n) is 6.40. The van der Waals surface area contributed by atoms with Crippen LogP contribution in [-0.4, -0.2) is 52.5 Å². The predicted molar refractivity (Wildman–Crippen MR) is 124 cm³/mol. The molecule has 0 saturated carbocycles. The Bertz CT molecular complexity index is 937. The lowest BCUT2D eigenvalue weighted by Crippen LogP contribution is -2.19. The van der Waals surface area contributed by atoms with Crippen molar-refractivity contribution in [2.75, 3.05) is 11.5 Å². The lowest BCUT2D eigenvalue weighted by atomic mass is 10.1. The minimum atomic E-state index is -0.770. The van der Waals surface area contributed by atoms with Gasteiger partial charge in [-0.3, -0.25) is 34.6 Å². The Morgan fingerprint density at radius 1 is 0.727 bits per heavy atom. The molecule has 2 aliphatic heterocycles. The van der Waals surface area contributed by atoms with Gasteiger partial charge in [0.2, 0.25) is 0 Å². The molecular formula is C22H20N2O7S2. The van der Waals surface area contributed by atoms with E-state index in [-0.39, 0.29) is 30.0 Å². The molecule has 0 spiro atoms. The fraction of sp³-hybridized carbons (Fsp3) is 0.182. The minimum Gasteiger partial charge on any atom is -0.481 e. The van der Waals surface area contributed by atoms with E-state index in [9.17, 15) is 28.8 Å². The smallest absolute Gasteiger partial charge is 0.304 e. The van der Waals surface area contributed by atoms with Gasteiger partial charge in [-0.25, -0.2) is 0 Å². The Morgan fingerprint density at radius 3 is 1.42 bits per heavy atom. The minimum absolute atomic E-state index is 0.193. The molecule has 2 aliphatic rings. The van der Waals surface area contributed by atoms with E-state index in [2.05, 4.69) is 10.6 Å². The molecule has 2 aromatic rings. The fourth-order valence-electron chi connectivity index (χ4n) is 2.58. The van der Waals surface area contributed by atoms with Gasteiger partial charge < -0.3 is 9.90 Å². The summed E-state index contributed by atoms with van der Waals surface area (Å²) in [7, 11) is 3.04. The molecule has 2 aromatic carbocycles. The van der Waals surface area contributed by atoms with Crippen molar-refractivity contribution in [3.63, 3.8) is 0 Å². The number of carbonyl (C=O) groups is 6. The quantitative estimate of drug-likeness (QED) is 0.231. The summed E-state index contributed by atoms with van der Waals surface area (Å²) < 4.78 is 0. The second kappa shape index (κ2) is 13.2. The summed E-state index contributed by atoms with van der Waals surface area (Å²) in [4.78, 5) is 63.6. The van der Waals surface area contributed by atoms with Crippen LogP contribution in [0.2, 0.25) is 0 Å². The number of benzene rings is 2. The Morgan fingerprint density at radius 2 is 1.09 bits per heavy atom. The molecule has 11 heteroatoms. The molecule has 4 amide bonds. The summed E-state index contributed by atoms with van der Waals surface area (Å²) in [5.41, 5.74) is 1.88. The normalized spacial score (nSPS) is 12.8. The molecular weight excluding hydrogens is 468 g/mol. The lowest BCUT2D eigenvalue weighted by Gasteiger charge is -1.94. The van der Waals surface area contributed by atoms with E-state index in [4.69, 9.17) is 5.11 Å². The van der Waals surface area contributed by atoms with Crippen LogP contribution in [0, 0.1) is 0 Å². The van der Waals surface area contributed by atoms with Gasteiger partial charge in [0.05, 0.1) is 28.7 Å². The van der Waals surface area contributed by atoms with E-state index in [1.54, 1.807) is 59.3 Å². The van der Waals surface area contributed by atoms with E-state index >= 15 is 0 Å². The van der Waals surface area contributed by atoms with E-state index in [1.165, 1.54) is 10.8 Å². The largest absolute Gasteiger partial charge is 0.481 e. The monoisotopic (exact) mass is 488 g/mol. The first-order valence-electron chi connectivity index (χ1n) is 9.64. The van der Waals surface area contributed by atoms with Crippen molar-refractivity contribution in [1.29, 1.82) is 0 Å². The summed E-state index contributed by atoms with van der Waals surface area (Å²) in [5.74, 6) is -0.590. The zero-order valence-corrected chi connectivity index (χ0v) is 18.9. The van der Waals surface area contributed by atoms with Gasteiger partial charge in [0.1, 0.15) is 6.29 Å². The van der Waals surface area contributed by atoms with Gasteiger partial charge in [0.25, 0.3) is 23.6 Å². The van der Waals surface area contributed by atoms with Gasteiger partial charge >= 0.3 is 5.97 Å². The van der Waals surface area contributed by atoms with Gasteiger partial charge in [-0.15, -0.1) is 0 Å². The molecule has 33 heavy (non-hydrogen) atoms. The molecule has 3 N–H and O–H groups in total. The summed E-state index contributed by atoms with van der Waals surface area (Å²) in [6, 6.07) is 13.5. The number of carbonyl (C=O) groups excluding carboxylic acids is 5. The summed E-state index contributed by atoms with van der Waals surface area (Å²) >= 11 is 0. The van der Waals surface area contributed by atoms with Crippen LogP contribution in [0.4, 0.5) is 0 Å². The Hall–Kier alpha value is -3.44. The highest BCUT2D eigenvalue weighted by atomic mass is 33.1. The van der Waals surface area contributed by atoms with E-state index < -0.39 is 5.97 Å². The third-order valence-corrected chi connectivity index (χ3v) is 6.53. The van der Waals surface area contributed by atoms with Crippen molar-refractivity contribution in [3.05, 3.63) is 70.8 Å². The molecule has 172 valence electrons. The summed E-state index contributed by atoms with van der Waals surface area (Å²) in [6.07, 6.45) is 1.61. The van der Waals surface area contributed by atoms with E-state index in [0.29, 0.717) is 34.4 Å². The first-order chi connectivity index (χ1) is 15.8. The van der Waals surface area contributed by atoms with Crippen molar-refractivity contribution in [1.82, 2.24) is 10.6 Å². The number of rotatable bonds is 7. The number of aliphatic carboxylic acids is 1. The van der Waals surface area contributed by atoms with E-state index in [1.807, 2.05) is 0 Å². The number of imide groups is 2. The first kappa shape index (κ1) is 25.8. The van der Waals surface area contributed by atoms with Crippen molar-refractivity contribution in [2.45, 2.75) is 12.8 Å². The van der Waals surface area contributed by atoms with Crippen molar-refractivity contribution < 1.29 is 33.9 Å². The molecule has 4 rings (SSSR count). The molecule has 0 radical (unpaired) electrons. The number of aldehydes is 1. The van der Waals surface area contributed by atoms with E-state index in [0.717, 1.165) is 12.0 Å². The van der Waals surface area contributed by atoms with Crippen LogP contribution in [0.3, 0.4) is 0 Å². The standard InChI is InChI=1S/2C8H5NO2.C6H10O3S2/c2*10-7-5-3-1-2-4-6(5)8(11)9-7;7-3-1-4-10-11-5-2-6(8)9/h2*1-4H,(H,9,10,11);3H,1-2,4-5H2,(H,8,9). The zero-order chi connectivity index (χ0) is 24.2. The number of carboxylic acids is 1. The van der Waals surface area contributed by atoms with Gasteiger partial charge in [0, 0.05) is 17.9 Å². The van der Waals surface area contributed by atoms with Crippen LogP contribution >= 0.6 is 21.6 Å². The number of amides is 4. The Labute approximate surface area is 197 Å². The van der Waals surface area contributed by atoms with Crippen LogP contribution in [0.15, 0.2) is 48.5 Å². The Balaban J connectivity index is 0.000000175. The molecule has 0 aromatic heterocycles. The highest BCUT2D eigenvalue weighted by Crippen LogP contribution is 2.22. The van der Waals surface area contributed by atoms with Crippen molar-refractivity contribution in [3.8, 4) is 0 Å². The number of hydrogen-bond acceptors (Lipinski definition) is 8. The number of hydrogen-bond donors (Lipinski definition) is 3. The highest BCUT2D eigenvalue weighted by molar-refractivity contribution is 8.76. The molecule has 0 saturated heterocycles. The average molecular weight is 489 g/mol. The number of fused-ring (bicyclic) bond motifs is 2. The van der Waals surface area contributed by atoms with Crippen LogP contribution in [-0.2, 0) is 9.59 Å². The summed E-state index contributed by atoms with van der Waals surface area (Å²) in [5, 5.41) is 12.6. The Kier molecular flexibility index (Phi) is 10.3. The number of carboxylic acid groups (broad SMARTS) is 1. The maximum atomic E-state index is 10.9.